The van der Waals surface area contributed by atoms with Crippen molar-refractivity contribution in [3.05, 3.63) is 0 Å². The highest BCUT2D eigenvalue weighted by molar-refractivity contribution is 5.70. The smallest absolute Gasteiger partial charge is 0.306 e. The Morgan fingerprint density at radius 2 is 2.00 bits per heavy atom. The maximum atomic E-state index is 11.4. The minimum absolute atomic E-state index is 0.0508. The van der Waals surface area contributed by atoms with Crippen molar-refractivity contribution >= 4 is 5.97 Å². The summed E-state index contributed by atoms with van der Waals surface area (Å²) in [7, 11) is 0. The molecular weight excluding hydrogens is 180 g/mol. The molecule has 0 unspecified atom stereocenters. The lowest BCUT2D eigenvalue weighted by Crippen LogP contribution is -2.26. The maximum Gasteiger partial charge on any atom is 0.306 e. The van der Waals surface area contributed by atoms with E-state index in [0.29, 0.717) is 6.42 Å². The Balaban J connectivity index is 3.91. The van der Waals surface area contributed by atoms with E-state index in [2.05, 4.69) is 0 Å². The molecule has 0 aromatic rings. The van der Waals surface area contributed by atoms with Gasteiger partial charge in [0.15, 0.2) is 0 Å². The summed E-state index contributed by atoms with van der Waals surface area (Å²) < 4.78 is 5.17. The van der Waals surface area contributed by atoms with Crippen LogP contribution in [0.1, 0.15) is 47.0 Å². The van der Waals surface area contributed by atoms with Crippen molar-refractivity contribution in [2.45, 2.75) is 52.6 Å². The largest absolute Gasteiger partial charge is 0.460 e. The molecule has 0 rings (SSSR count). The van der Waals surface area contributed by atoms with Crippen molar-refractivity contribution in [1.29, 1.82) is 0 Å². The molecule has 0 aliphatic rings. The highest BCUT2D eigenvalue weighted by Gasteiger charge is 2.19. The summed E-state index contributed by atoms with van der Waals surface area (Å²) in [4.78, 5) is 11.4. The second-order valence-corrected chi connectivity index (χ2v) is 4.63. The maximum absolute atomic E-state index is 11.4. The molecule has 1 atom stereocenters. The van der Waals surface area contributed by atoms with Gasteiger partial charge in [-0.25, -0.2) is 0 Å². The summed E-state index contributed by atoms with van der Waals surface area (Å²) in [5, 5.41) is 9.00. The third-order valence-corrected chi connectivity index (χ3v) is 1.83. The topological polar surface area (TPSA) is 46.5 Å². The van der Waals surface area contributed by atoms with Gasteiger partial charge >= 0.3 is 5.97 Å². The Kier molecular flexibility index (Phi) is 5.77. The Labute approximate surface area is 86.5 Å². The number of hydrogen-bond donors (Lipinski definition) is 1. The van der Waals surface area contributed by atoms with Crippen molar-refractivity contribution in [2.75, 3.05) is 6.61 Å². The number of ether oxygens (including phenoxy) is 1. The van der Waals surface area contributed by atoms with Crippen LogP contribution in [-0.4, -0.2) is 23.3 Å². The van der Waals surface area contributed by atoms with E-state index in [1.807, 2.05) is 27.7 Å². The van der Waals surface area contributed by atoms with E-state index in [1.165, 1.54) is 0 Å². The average Bonchev–Trinajstić information content (AvgIpc) is 2.00. The SMILES string of the molecule is CCC[C@@H](CO)CC(=O)OC(C)(C)C. The standard InChI is InChI=1S/C11H22O3/c1-5-6-9(8-12)7-10(13)14-11(2,3)4/h9,12H,5-8H2,1-4H3/t9-/m1/s1. The van der Waals surface area contributed by atoms with Crippen LogP contribution in [0.3, 0.4) is 0 Å². The molecule has 0 aliphatic carbocycles. The molecule has 0 saturated heterocycles. The van der Waals surface area contributed by atoms with Gasteiger partial charge in [-0.3, -0.25) is 4.79 Å². The third kappa shape index (κ3) is 6.89. The van der Waals surface area contributed by atoms with Gasteiger partial charge in [0.05, 0.1) is 6.42 Å². The summed E-state index contributed by atoms with van der Waals surface area (Å²) in [5.74, 6) is -0.167. The molecule has 0 fully saturated rings. The number of rotatable bonds is 5. The molecule has 0 aromatic heterocycles. The van der Waals surface area contributed by atoms with Crippen molar-refractivity contribution in [3.8, 4) is 0 Å². The van der Waals surface area contributed by atoms with Gasteiger partial charge in [-0.05, 0) is 33.1 Å². The lowest BCUT2D eigenvalue weighted by atomic mass is 10.0. The zero-order valence-electron chi connectivity index (χ0n) is 9.67. The van der Waals surface area contributed by atoms with Crippen LogP contribution in [0, 0.1) is 5.92 Å². The second-order valence-electron chi connectivity index (χ2n) is 4.63. The molecule has 0 heterocycles. The predicted octanol–water partition coefficient (Wildman–Crippen LogP) is 2.13. The number of aliphatic hydroxyl groups excluding tert-OH is 1. The fourth-order valence-electron chi connectivity index (χ4n) is 1.29. The van der Waals surface area contributed by atoms with Gasteiger partial charge in [-0.1, -0.05) is 13.3 Å². The summed E-state index contributed by atoms with van der Waals surface area (Å²) >= 11 is 0. The molecule has 84 valence electrons. The summed E-state index contributed by atoms with van der Waals surface area (Å²) in [5.41, 5.74) is -0.427. The van der Waals surface area contributed by atoms with Gasteiger partial charge in [0.1, 0.15) is 5.60 Å². The van der Waals surface area contributed by atoms with E-state index in [0.717, 1.165) is 12.8 Å². The molecule has 0 amide bonds. The van der Waals surface area contributed by atoms with Gasteiger partial charge in [0.2, 0.25) is 0 Å². The Bertz CT molecular complexity index is 170. The molecule has 0 aliphatic heterocycles. The molecule has 3 nitrogen and oxygen atoms in total. The fraction of sp³-hybridized carbons (Fsp3) is 0.909. The normalized spacial score (nSPS) is 13.8. The van der Waals surface area contributed by atoms with Crippen LogP contribution in [-0.2, 0) is 9.53 Å². The van der Waals surface area contributed by atoms with Crippen LogP contribution in [0.4, 0.5) is 0 Å². The van der Waals surface area contributed by atoms with Crippen LogP contribution in [0.15, 0.2) is 0 Å². The van der Waals surface area contributed by atoms with Crippen LogP contribution in [0.5, 0.6) is 0 Å². The third-order valence-electron chi connectivity index (χ3n) is 1.83. The Morgan fingerprint density at radius 1 is 1.43 bits per heavy atom. The van der Waals surface area contributed by atoms with Crippen LogP contribution in [0.25, 0.3) is 0 Å². The number of carbonyl (C=O) groups is 1. The average molecular weight is 202 g/mol. The van der Waals surface area contributed by atoms with Crippen molar-refractivity contribution in [3.63, 3.8) is 0 Å². The van der Waals surface area contributed by atoms with Gasteiger partial charge in [-0.15, -0.1) is 0 Å². The van der Waals surface area contributed by atoms with Gasteiger partial charge in [0, 0.05) is 6.61 Å². The van der Waals surface area contributed by atoms with Gasteiger partial charge in [0.25, 0.3) is 0 Å². The van der Waals surface area contributed by atoms with Crippen LogP contribution < -0.4 is 0 Å². The lowest BCUT2D eigenvalue weighted by Gasteiger charge is -2.21. The van der Waals surface area contributed by atoms with Crippen molar-refractivity contribution in [2.24, 2.45) is 5.92 Å². The van der Waals surface area contributed by atoms with E-state index in [1.54, 1.807) is 0 Å². The van der Waals surface area contributed by atoms with E-state index >= 15 is 0 Å². The minimum atomic E-state index is -0.427. The molecule has 14 heavy (non-hydrogen) atoms. The quantitative estimate of drug-likeness (QED) is 0.695. The molecule has 0 radical (unpaired) electrons. The molecular formula is C11H22O3. The van der Waals surface area contributed by atoms with E-state index < -0.39 is 5.60 Å². The monoisotopic (exact) mass is 202 g/mol. The Hall–Kier alpha value is -0.570. The van der Waals surface area contributed by atoms with Crippen LogP contribution in [0.2, 0.25) is 0 Å². The number of hydrogen-bond acceptors (Lipinski definition) is 3. The molecule has 1 N–H and O–H groups in total. The van der Waals surface area contributed by atoms with Crippen molar-refractivity contribution in [1.82, 2.24) is 0 Å². The summed E-state index contributed by atoms with van der Waals surface area (Å²) in [6, 6.07) is 0. The molecule has 0 aromatic carbocycles. The fourth-order valence-corrected chi connectivity index (χ4v) is 1.29. The lowest BCUT2D eigenvalue weighted by molar-refractivity contribution is -0.156. The highest BCUT2D eigenvalue weighted by Crippen LogP contribution is 2.14. The summed E-state index contributed by atoms with van der Waals surface area (Å²) in [6.07, 6.45) is 2.17. The molecule has 0 saturated carbocycles. The molecule has 3 heteroatoms. The molecule has 0 spiro atoms. The van der Waals surface area contributed by atoms with Gasteiger partial charge in [-0.2, -0.15) is 0 Å². The number of esters is 1. The zero-order chi connectivity index (χ0) is 11.2. The highest BCUT2D eigenvalue weighted by atomic mass is 16.6. The summed E-state index contributed by atoms with van der Waals surface area (Å²) in [6.45, 7) is 7.64. The number of carbonyl (C=O) groups excluding carboxylic acids is 1. The molecule has 0 bridgehead atoms. The number of aliphatic hydroxyl groups is 1. The predicted molar refractivity (Wildman–Crippen MR) is 55.9 cm³/mol. The Morgan fingerprint density at radius 3 is 2.36 bits per heavy atom. The van der Waals surface area contributed by atoms with E-state index in [-0.39, 0.29) is 18.5 Å². The van der Waals surface area contributed by atoms with Crippen LogP contribution >= 0.6 is 0 Å². The van der Waals surface area contributed by atoms with E-state index in [9.17, 15) is 4.79 Å². The second kappa shape index (κ2) is 6.02. The first-order chi connectivity index (χ1) is 6.39. The first-order valence-corrected chi connectivity index (χ1v) is 5.21. The van der Waals surface area contributed by atoms with Crippen molar-refractivity contribution < 1.29 is 14.6 Å². The van der Waals surface area contributed by atoms with Gasteiger partial charge < -0.3 is 9.84 Å². The first kappa shape index (κ1) is 13.4. The van der Waals surface area contributed by atoms with E-state index in [4.69, 9.17) is 9.84 Å². The first-order valence-electron chi connectivity index (χ1n) is 5.21. The zero-order valence-corrected chi connectivity index (χ0v) is 9.67. The minimum Gasteiger partial charge on any atom is -0.460 e.